The van der Waals surface area contributed by atoms with E-state index in [-0.39, 0.29) is 5.82 Å². The Morgan fingerprint density at radius 3 is 2.35 bits per heavy atom. The second kappa shape index (κ2) is 9.71. The van der Waals surface area contributed by atoms with E-state index in [1.54, 1.807) is 16.6 Å². The van der Waals surface area contributed by atoms with Gasteiger partial charge in [0.2, 0.25) is 0 Å². The van der Waals surface area contributed by atoms with Crippen molar-refractivity contribution in [3.05, 3.63) is 76.7 Å². The molecule has 1 aliphatic carbocycles. The lowest BCUT2D eigenvalue weighted by atomic mass is 9.90. The highest BCUT2D eigenvalue weighted by molar-refractivity contribution is 5.82. The molecule has 192 valence electrons. The molecule has 0 aliphatic heterocycles. The minimum absolute atomic E-state index is 0.349. The van der Waals surface area contributed by atoms with Gasteiger partial charge in [-0.25, -0.2) is 18.7 Å². The molecule has 6 nitrogen and oxygen atoms in total. The number of methoxy groups -OCH3 is 1. The first-order valence-corrected chi connectivity index (χ1v) is 12.7. The third-order valence-electron chi connectivity index (χ3n) is 6.74. The highest BCUT2D eigenvalue weighted by Crippen LogP contribution is 2.37. The molecular weight excluding hydrogens is 469 g/mol. The van der Waals surface area contributed by atoms with Crippen LogP contribution in [0.4, 0.5) is 4.39 Å². The molecule has 5 rings (SSSR count). The summed E-state index contributed by atoms with van der Waals surface area (Å²) in [6, 6.07) is 14.6. The Labute approximate surface area is 216 Å². The van der Waals surface area contributed by atoms with E-state index < -0.39 is 17.7 Å². The predicted octanol–water partition coefficient (Wildman–Crippen LogP) is 6.42. The van der Waals surface area contributed by atoms with Crippen molar-refractivity contribution < 1.29 is 18.7 Å². The van der Waals surface area contributed by atoms with Crippen LogP contribution in [0, 0.1) is 12.7 Å². The van der Waals surface area contributed by atoms with Crippen molar-refractivity contribution in [2.75, 3.05) is 7.11 Å². The summed E-state index contributed by atoms with van der Waals surface area (Å²) in [6.07, 6.45) is 3.57. The van der Waals surface area contributed by atoms with Crippen LogP contribution in [0.15, 0.2) is 48.5 Å². The Balaban J connectivity index is 1.75. The van der Waals surface area contributed by atoms with E-state index in [1.165, 1.54) is 43.2 Å². The topological polar surface area (TPSA) is 65.7 Å². The van der Waals surface area contributed by atoms with E-state index in [9.17, 15) is 9.18 Å². The van der Waals surface area contributed by atoms with E-state index in [0.717, 1.165) is 24.1 Å². The van der Waals surface area contributed by atoms with Crippen LogP contribution >= 0.6 is 0 Å². The largest absolute Gasteiger partial charge is 0.467 e. The summed E-state index contributed by atoms with van der Waals surface area (Å²) >= 11 is 0. The maximum atomic E-state index is 13.9. The molecule has 2 heterocycles. The van der Waals surface area contributed by atoms with Gasteiger partial charge in [-0.15, -0.1) is 0 Å². The number of esters is 1. The lowest BCUT2D eigenvalue weighted by molar-refractivity contribution is -0.164. The van der Waals surface area contributed by atoms with Crippen molar-refractivity contribution in [1.29, 1.82) is 0 Å². The van der Waals surface area contributed by atoms with E-state index in [1.807, 2.05) is 33.8 Å². The van der Waals surface area contributed by atoms with E-state index in [4.69, 9.17) is 19.6 Å². The van der Waals surface area contributed by atoms with Crippen molar-refractivity contribution in [2.45, 2.75) is 65.1 Å². The van der Waals surface area contributed by atoms with Crippen molar-refractivity contribution in [2.24, 2.45) is 0 Å². The number of hydrogen-bond acceptors (Lipinski definition) is 5. The molecule has 0 spiro atoms. The van der Waals surface area contributed by atoms with Crippen molar-refractivity contribution in [1.82, 2.24) is 14.6 Å². The number of aromatic nitrogens is 3. The van der Waals surface area contributed by atoms with Gasteiger partial charge in [0, 0.05) is 28.5 Å². The molecular formula is C30H32FN3O3. The highest BCUT2D eigenvalue weighted by Gasteiger charge is 2.34. The number of aryl methyl sites for hydroxylation is 3. The predicted molar refractivity (Wildman–Crippen MR) is 141 cm³/mol. The maximum Gasteiger partial charge on any atom is 0.339 e. The number of benzene rings is 2. The molecule has 0 bridgehead atoms. The van der Waals surface area contributed by atoms with Crippen molar-refractivity contribution in [3.8, 4) is 22.5 Å². The molecule has 2 aromatic carbocycles. The summed E-state index contributed by atoms with van der Waals surface area (Å²) in [6.45, 7) is 7.48. The second-order valence-electron chi connectivity index (χ2n) is 10.6. The highest BCUT2D eigenvalue weighted by atomic mass is 19.1. The molecule has 1 aliphatic rings. The number of halogens is 1. The van der Waals surface area contributed by atoms with Crippen LogP contribution in [0.25, 0.3) is 28.2 Å². The molecule has 0 amide bonds. The standard InChI is InChI=1S/C30H32FN3O3/c1-18-26(28(29(35)36-5)37-30(2,3)4)27(20-12-14-23(31)15-13-20)34-25(32-18)17-24(33-34)22-11-10-19-8-6-7-9-21(19)16-22/h10-17,28H,6-9H2,1-5H3. The fourth-order valence-electron chi connectivity index (χ4n) is 5.05. The van der Waals surface area contributed by atoms with Gasteiger partial charge in [0.25, 0.3) is 0 Å². The molecule has 0 radical (unpaired) electrons. The Morgan fingerprint density at radius 1 is 1.00 bits per heavy atom. The van der Waals surface area contributed by atoms with Gasteiger partial charge in [0.05, 0.1) is 24.1 Å². The molecule has 37 heavy (non-hydrogen) atoms. The average molecular weight is 502 g/mol. The Morgan fingerprint density at radius 2 is 1.68 bits per heavy atom. The van der Waals surface area contributed by atoms with E-state index >= 15 is 0 Å². The molecule has 0 fully saturated rings. The number of ether oxygens (including phenoxy) is 2. The summed E-state index contributed by atoms with van der Waals surface area (Å²) in [7, 11) is 1.34. The first-order chi connectivity index (χ1) is 17.6. The van der Waals surface area contributed by atoms with Crippen LogP contribution in [-0.2, 0) is 27.1 Å². The third-order valence-corrected chi connectivity index (χ3v) is 6.74. The number of carbonyl (C=O) groups is 1. The van der Waals surface area contributed by atoms with Crippen LogP contribution in [0.1, 0.15) is 62.1 Å². The molecule has 2 aromatic heterocycles. The van der Waals surface area contributed by atoms with Crippen LogP contribution in [-0.4, -0.2) is 33.3 Å². The normalized spacial score (nSPS) is 14.4. The summed E-state index contributed by atoms with van der Waals surface area (Å²) in [5.74, 6) is -0.886. The minimum atomic E-state index is -1.04. The van der Waals surface area contributed by atoms with Crippen LogP contribution < -0.4 is 0 Å². The van der Waals surface area contributed by atoms with Gasteiger partial charge in [0.15, 0.2) is 11.8 Å². The molecule has 1 unspecified atom stereocenters. The minimum Gasteiger partial charge on any atom is -0.467 e. The van der Waals surface area contributed by atoms with E-state index in [2.05, 4.69) is 18.2 Å². The zero-order valence-electron chi connectivity index (χ0n) is 22.0. The quantitative estimate of drug-likeness (QED) is 0.295. The van der Waals surface area contributed by atoms with E-state index in [0.29, 0.717) is 28.2 Å². The fourth-order valence-corrected chi connectivity index (χ4v) is 5.05. The molecule has 0 saturated carbocycles. The molecule has 4 aromatic rings. The van der Waals surface area contributed by atoms with Gasteiger partial charge < -0.3 is 9.47 Å². The summed E-state index contributed by atoms with van der Waals surface area (Å²) in [5.41, 5.74) is 7.04. The van der Waals surface area contributed by atoms with Crippen LogP contribution in [0.2, 0.25) is 0 Å². The molecule has 0 saturated heterocycles. The zero-order valence-corrected chi connectivity index (χ0v) is 22.0. The number of carbonyl (C=O) groups excluding carboxylic acids is 1. The summed E-state index contributed by atoms with van der Waals surface area (Å²) in [5, 5.41) is 4.95. The Hall–Kier alpha value is -3.58. The maximum absolute atomic E-state index is 13.9. The van der Waals surface area contributed by atoms with Gasteiger partial charge in [-0.05, 0) is 94.8 Å². The number of fused-ring (bicyclic) bond motifs is 2. The lowest BCUT2D eigenvalue weighted by Gasteiger charge is -2.28. The number of rotatable bonds is 5. The smallest absolute Gasteiger partial charge is 0.339 e. The van der Waals surface area contributed by atoms with Crippen LogP contribution in [0.5, 0.6) is 0 Å². The van der Waals surface area contributed by atoms with Gasteiger partial charge >= 0.3 is 5.97 Å². The zero-order chi connectivity index (χ0) is 26.3. The first kappa shape index (κ1) is 25.1. The molecule has 7 heteroatoms. The molecule has 1 atom stereocenters. The average Bonchev–Trinajstić information content (AvgIpc) is 3.29. The Bertz CT molecular complexity index is 1470. The van der Waals surface area contributed by atoms with Gasteiger partial charge in [-0.3, -0.25) is 0 Å². The third kappa shape index (κ3) is 5.01. The SMILES string of the molecule is COC(=O)C(OC(C)(C)C)c1c(C)nc2cc(-c3ccc4c(c3)CCCC4)nn2c1-c1ccc(F)cc1. The van der Waals surface area contributed by atoms with Gasteiger partial charge in [-0.1, -0.05) is 12.1 Å². The van der Waals surface area contributed by atoms with Crippen molar-refractivity contribution in [3.63, 3.8) is 0 Å². The Kier molecular flexibility index (Phi) is 6.58. The molecule has 0 N–H and O–H groups in total. The fraction of sp³-hybridized carbons (Fsp3) is 0.367. The number of hydrogen-bond donors (Lipinski definition) is 0. The number of nitrogens with zero attached hydrogens (tertiary/aromatic N) is 3. The van der Waals surface area contributed by atoms with Gasteiger partial charge in [0.1, 0.15) is 5.82 Å². The monoisotopic (exact) mass is 501 g/mol. The summed E-state index contributed by atoms with van der Waals surface area (Å²) in [4.78, 5) is 17.8. The first-order valence-electron chi connectivity index (χ1n) is 12.7. The van der Waals surface area contributed by atoms with Crippen molar-refractivity contribution >= 4 is 11.6 Å². The lowest BCUT2D eigenvalue weighted by Crippen LogP contribution is -2.29. The summed E-state index contributed by atoms with van der Waals surface area (Å²) < 4.78 is 27.0. The van der Waals surface area contributed by atoms with Gasteiger partial charge in [-0.2, -0.15) is 5.10 Å². The van der Waals surface area contributed by atoms with Crippen LogP contribution in [0.3, 0.4) is 0 Å². The second-order valence-corrected chi connectivity index (χ2v) is 10.6.